The van der Waals surface area contributed by atoms with E-state index in [0.717, 1.165) is 22.3 Å². The maximum absolute atomic E-state index is 12.3. The van der Waals surface area contributed by atoms with Crippen LogP contribution >= 0.6 is 27.5 Å². The quantitative estimate of drug-likeness (QED) is 0.767. The van der Waals surface area contributed by atoms with Crippen LogP contribution in [0.4, 0.5) is 0 Å². The number of aromatic nitrogens is 3. The minimum atomic E-state index is -0.0587. The number of carbonyl (C=O) groups is 1. The predicted octanol–water partition coefficient (Wildman–Crippen LogP) is 3.70. The molecule has 0 fully saturated rings. The van der Waals surface area contributed by atoms with Gasteiger partial charge in [-0.05, 0) is 41.4 Å². The van der Waals surface area contributed by atoms with Gasteiger partial charge in [-0.15, -0.1) is 0 Å². The van der Waals surface area contributed by atoms with Crippen molar-refractivity contribution in [2.75, 3.05) is 0 Å². The van der Waals surface area contributed by atoms with Crippen LogP contribution in [-0.4, -0.2) is 20.5 Å². The van der Waals surface area contributed by atoms with Crippen LogP contribution in [0.15, 0.2) is 22.8 Å². The van der Waals surface area contributed by atoms with Crippen LogP contribution in [0.2, 0.25) is 5.02 Å². The van der Waals surface area contributed by atoms with Crippen molar-refractivity contribution in [2.45, 2.75) is 33.2 Å². The molecule has 0 saturated carbocycles. The molecule has 106 valence electrons. The molecule has 0 atom stereocenters. The van der Waals surface area contributed by atoms with Crippen LogP contribution in [0.5, 0.6) is 0 Å². The average Bonchev–Trinajstić information content (AvgIpc) is 2.76. The van der Waals surface area contributed by atoms with Gasteiger partial charge < -0.3 is 0 Å². The summed E-state index contributed by atoms with van der Waals surface area (Å²) >= 11 is 9.60. The third-order valence-electron chi connectivity index (χ3n) is 3.04. The van der Waals surface area contributed by atoms with Gasteiger partial charge >= 0.3 is 0 Å². The minimum Gasteiger partial charge on any atom is -0.292 e. The summed E-state index contributed by atoms with van der Waals surface area (Å²) < 4.78 is 2.64. The minimum absolute atomic E-state index is 0.0587. The summed E-state index contributed by atoms with van der Waals surface area (Å²) in [5, 5.41) is 5.01. The first-order valence-electron chi connectivity index (χ1n) is 6.45. The SMILES string of the molecule is CCc1nn(CC)c(CC(=O)c2ccc(Br)cn2)c1Cl. The lowest BCUT2D eigenvalue weighted by Gasteiger charge is -2.04. The van der Waals surface area contributed by atoms with Crippen molar-refractivity contribution in [3.05, 3.63) is 44.9 Å². The van der Waals surface area contributed by atoms with Gasteiger partial charge in [0.05, 0.1) is 22.8 Å². The number of pyridine rings is 1. The molecule has 4 nitrogen and oxygen atoms in total. The van der Waals surface area contributed by atoms with E-state index in [1.807, 2.05) is 13.8 Å². The van der Waals surface area contributed by atoms with Gasteiger partial charge in [0.25, 0.3) is 0 Å². The van der Waals surface area contributed by atoms with E-state index in [4.69, 9.17) is 11.6 Å². The fourth-order valence-corrected chi connectivity index (χ4v) is 2.54. The van der Waals surface area contributed by atoms with E-state index in [-0.39, 0.29) is 12.2 Å². The van der Waals surface area contributed by atoms with Crippen molar-refractivity contribution in [3.63, 3.8) is 0 Å². The molecule has 2 rings (SSSR count). The molecule has 0 saturated heterocycles. The average molecular weight is 357 g/mol. The number of rotatable bonds is 5. The Hall–Kier alpha value is -1.20. The van der Waals surface area contributed by atoms with Crippen LogP contribution < -0.4 is 0 Å². The molecule has 0 aliphatic rings. The standard InChI is InChI=1S/C14H15BrClN3O/c1-3-10-14(16)12(19(4-2)18-10)7-13(20)11-6-5-9(15)8-17-11/h5-6,8H,3-4,7H2,1-2H3. The summed E-state index contributed by atoms with van der Waals surface area (Å²) in [5.74, 6) is -0.0587. The molecule has 0 amide bonds. The van der Waals surface area contributed by atoms with Crippen molar-refractivity contribution in [2.24, 2.45) is 0 Å². The molecule has 2 heterocycles. The Morgan fingerprint density at radius 3 is 2.70 bits per heavy atom. The first-order valence-corrected chi connectivity index (χ1v) is 7.62. The van der Waals surface area contributed by atoms with E-state index in [1.54, 1.807) is 23.0 Å². The zero-order valence-corrected chi connectivity index (χ0v) is 13.7. The summed E-state index contributed by atoms with van der Waals surface area (Å²) in [4.78, 5) is 16.4. The van der Waals surface area contributed by atoms with E-state index >= 15 is 0 Å². The molecule has 20 heavy (non-hydrogen) atoms. The molecule has 0 unspecified atom stereocenters. The largest absolute Gasteiger partial charge is 0.292 e. The lowest BCUT2D eigenvalue weighted by Crippen LogP contribution is -2.11. The lowest BCUT2D eigenvalue weighted by atomic mass is 10.1. The van der Waals surface area contributed by atoms with Crippen molar-refractivity contribution < 1.29 is 4.79 Å². The van der Waals surface area contributed by atoms with E-state index in [0.29, 0.717) is 17.3 Å². The number of carbonyl (C=O) groups excluding carboxylic acids is 1. The molecular formula is C14H15BrClN3O. The zero-order valence-electron chi connectivity index (χ0n) is 11.4. The summed E-state index contributed by atoms with van der Waals surface area (Å²) in [6.07, 6.45) is 2.58. The highest BCUT2D eigenvalue weighted by atomic mass is 79.9. The normalized spacial score (nSPS) is 10.8. The molecule has 0 spiro atoms. The van der Waals surface area contributed by atoms with Crippen LogP contribution in [0, 0.1) is 0 Å². The Labute approximate surface area is 131 Å². The van der Waals surface area contributed by atoms with E-state index in [2.05, 4.69) is 26.0 Å². The van der Waals surface area contributed by atoms with Crippen LogP contribution in [0.3, 0.4) is 0 Å². The second-order valence-corrected chi connectivity index (χ2v) is 5.63. The van der Waals surface area contributed by atoms with E-state index < -0.39 is 0 Å². The highest BCUT2D eigenvalue weighted by Gasteiger charge is 2.18. The molecule has 0 radical (unpaired) electrons. The fraction of sp³-hybridized carbons (Fsp3) is 0.357. The van der Waals surface area contributed by atoms with Gasteiger partial charge in [-0.3, -0.25) is 14.5 Å². The van der Waals surface area contributed by atoms with Crippen molar-refractivity contribution >= 4 is 33.3 Å². The van der Waals surface area contributed by atoms with Gasteiger partial charge in [0, 0.05) is 17.2 Å². The molecule has 0 aromatic carbocycles. The number of halogens is 2. The molecular weight excluding hydrogens is 342 g/mol. The summed E-state index contributed by atoms with van der Waals surface area (Å²) in [7, 11) is 0. The molecule has 0 N–H and O–H groups in total. The first-order chi connectivity index (χ1) is 9.56. The first kappa shape index (κ1) is 15.2. The lowest BCUT2D eigenvalue weighted by molar-refractivity contribution is 0.0986. The maximum atomic E-state index is 12.3. The molecule has 2 aromatic rings. The Morgan fingerprint density at radius 2 is 2.15 bits per heavy atom. The van der Waals surface area contributed by atoms with Crippen LogP contribution in [0.25, 0.3) is 0 Å². The maximum Gasteiger partial charge on any atom is 0.187 e. The van der Waals surface area contributed by atoms with Crippen molar-refractivity contribution in [3.8, 4) is 0 Å². The fourth-order valence-electron chi connectivity index (χ4n) is 1.97. The highest BCUT2D eigenvalue weighted by Crippen LogP contribution is 2.23. The van der Waals surface area contributed by atoms with E-state index in [9.17, 15) is 4.79 Å². The predicted molar refractivity (Wildman–Crippen MR) is 82.3 cm³/mol. The second kappa shape index (κ2) is 6.50. The Balaban J connectivity index is 2.27. The van der Waals surface area contributed by atoms with Crippen molar-refractivity contribution in [1.82, 2.24) is 14.8 Å². The van der Waals surface area contributed by atoms with E-state index in [1.165, 1.54) is 0 Å². The molecule has 2 aromatic heterocycles. The zero-order chi connectivity index (χ0) is 14.7. The topological polar surface area (TPSA) is 47.8 Å². The molecule has 0 aliphatic carbocycles. The number of aryl methyl sites for hydroxylation is 2. The van der Waals surface area contributed by atoms with Crippen molar-refractivity contribution in [1.29, 1.82) is 0 Å². The molecule has 6 heteroatoms. The Morgan fingerprint density at radius 1 is 1.40 bits per heavy atom. The van der Waals surface area contributed by atoms with Gasteiger partial charge in [0.15, 0.2) is 5.78 Å². The Bertz CT molecular complexity index is 622. The monoisotopic (exact) mass is 355 g/mol. The third kappa shape index (κ3) is 3.10. The van der Waals surface area contributed by atoms with Gasteiger partial charge in [0.1, 0.15) is 5.69 Å². The number of ketones is 1. The van der Waals surface area contributed by atoms with Crippen LogP contribution in [-0.2, 0) is 19.4 Å². The van der Waals surface area contributed by atoms with Gasteiger partial charge in [0.2, 0.25) is 0 Å². The molecule has 0 bridgehead atoms. The molecule has 0 aliphatic heterocycles. The smallest absolute Gasteiger partial charge is 0.187 e. The second-order valence-electron chi connectivity index (χ2n) is 4.34. The summed E-state index contributed by atoms with van der Waals surface area (Å²) in [6.45, 7) is 4.67. The number of Topliss-reactive ketones (excluding diaryl/α,β-unsaturated/α-hetero) is 1. The van der Waals surface area contributed by atoms with Gasteiger partial charge in [-0.2, -0.15) is 5.10 Å². The van der Waals surface area contributed by atoms with Gasteiger partial charge in [-0.25, -0.2) is 0 Å². The highest BCUT2D eigenvalue weighted by molar-refractivity contribution is 9.10. The van der Waals surface area contributed by atoms with Gasteiger partial charge in [-0.1, -0.05) is 18.5 Å². The van der Waals surface area contributed by atoms with Crippen LogP contribution in [0.1, 0.15) is 35.7 Å². The third-order valence-corrected chi connectivity index (χ3v) is 3.94. The number of nitrogens with zero attached hydrogens (tertiary/aromatic N) is 3. The number of hydrogen-bond acceptors (Lipinski definition) is 3. The summed E-state index contributed by atoms with van der Waals surface area (Å²) in [6, 6.07) is 3.50. The Kier molecular flexibility index (Phi) is 4.94. The number of hydrogen-bond donors (Lipinski definition) is 0. The summed E-state index contributed by atoms with van der Waals surface area (Å²) in [5.41, 5.74) is 2.03.